The van der Waals surface area contributed by atoms with Crippen molar-refractivity contribution in [3.05, 3.63) is 0 Å². The SMILES string of the molecule is O=C1CC(CCSCCCSCCC2CC(=O)O2)O1. The van der Waals surface area contributed by atoms with Crippen molar-refractivity contribution in [2.45, 2.75) is 44.3 Å². The monoisotopic (exact) mass is 304 g/mol. The zero-order chi connectivity index (χ0) is 13.5. The van der Waals surface area contributed by atoms with Crippen LogP contribution in [0.4, 0.5) is 0 Å². The summed E-state index contributed by atoms with van der Waals surface area (Å²) in [7, 11) is 0. The van der Waals surface area contributed by atoms with Crippen molar-refractivity contribution in [1.82, 2.24) is 0 Å². The maximum atomic E-state index is 10.6. The predicted molar refractivity (Wildman–Crippen MR) is 77.5 cm³/mol. The molecule has 2 unspecified atom stereocenters. The summed E-state index contributed by atoms with van der Waals surface area (Å²) in [6.07, 6.45) is 4.82. The highest BCUT2D eigenvalue weighted by molar-refractivity contribution is 8.00. The maximum Gasteiger partial charge on any atom is 0.309 e. The van der Waals surface area contributed by atoms with E-state index >= 15 is 0 Å². The van der Waals surface area contributed by atoms with Gasteiger partial charge in [-0.25, -0.2) is 0 Å². The Morgan fingerprint density at radius 2 is 1.26 bits per heavy atom. The van der Waals surface area contributed by atoms with E-state index in [2.05, 4.69) is 0 Å². The third kappa shape index (κ3) is 5.65. The minimum Gasteiger partial charge on any atom is -0.462 e. The third-order valence-corrected chi connectivity index (χ3v) is 5.33. The molecule has 2 aliphatic rings. The molecule has 2 atom stereocenters. The van der Waals surface area contributed by atoms with Gasteiger partial charge in [0, 0.05) is 0 Å². The minimum atomic E-state index is -0.0523. The molecule has 19 heavy (non-hydrogen) atoms. The Morgan fingerprint density at radius 1 is 0.842 bits per heavy atom. The number of hydrogen-bond donors (Lipinski definition) is 0. The zero-order valence-electron chi connectivity index (χ0n) is 11.0. The fourth-order valence-electron chi connectivity index (χ4n) is 1.94. The molecule has 0 aromatic heterocycles. The van der Waals surface area contributed by atoms with Crippen LogP contribution in [0.1, 0.15) is 32.1 Å². The van der Waals surface area contributed by atoms with Gasteiger partial charge in [-0.2, -0.15) is 23.5 Å². The van der Waals surface area contributed by atoms with Gasteiger partial charge in [0.25, 0.3) is 0 Å². The van der Waals surface area contributed by atoms with E-state index in [0.717, 1.165) is 24.3 Å². The van der Waals surface area contributed by atoms with Gasteiger partial charge in [0.05, 0.1) is 12.8 Å². The first-order chi connectivity index (χ1) is 9.24. The minimum absolute atomic E-state index is 0.0523. The van der Waals surface area contributed by atoms with Gasteiger partial charge in [-0.3, -0.25) is 9.59 Å². The van der Waals surface area contributed by atoms with E-state index in [1.54, 1.807) is 0 Å². The molecule has 0 aromatic rings. The van der Waals surface area contributed by atoms with Crippen molar-refractivity contribution < 1.29 is 19.1 Å². The van der Waals surface area contributed by atoms with E-state index in [1.807, 2.05) is 23.5 Å². The second-order valence-electron chi connectivity index (χ2n) is 4.79. The summed E-state index contributed by atoms with van der Waals surface area (Å²) in [6.45, 7) is 0. The van der Waals surface area contributed by atoms with Crippen LogP contribution in [0.2, 0.25) is 0 Å². The molecule has 108 valence electrons. The molecule has 0 aliphatic carbocycles. The van der Waals surface area contributed by atoms with E-state index in [0.29, 0.717) is 12.8 Å². The van der Waals surface area contributed by atoms with Crippen molar-refractivity contribution in [2.75, 3.05) is 23.0 Å². The number of ether oxygens (including phenoxy) is 2. The quantitative estimate of drug-likeness (QED) is 0.456. The molecule has 0 amide bonds. The molecule has 2 fully saturated rings. The Hall–Kier alpha value is -0.360. The van der Waals surface area contributed by atoms with E-state index in [9.17, 15) is 9.59 Å². The van der Waals surface area contributed by atoms with E-state index in [4.69, 9.17) is 9.47 Å². The van der Waals surface area contributed by atoms with Gasteiger partial charge in [0.2, 0.25) is 0 Å². The first-order valence-electron chi connectivity index (χ1n) is 6.78. The first-order valence-corrected chi connectivity index (χ1v) is 9.09. The fourth-order valence-corrected chi connectivity index (χ4v) is 4.09. The van der Waals surface area contributed by atoms with Crippen molar-refractivity contribution in [1.29, 1.82) is 0 Å². The van der Waals surface area contributed by atoms with Gasteiger partial charge in [-0.1, -0.05) is 0 Å². The molecule has 0 spiro atoms. The molecule has 4 nitrogen and oxygen atoms in total. The number of hydrogen-bond acceptors (Lipinski definition) is 6. The van der Waals surface area contributed by atoms with Crippen LogP contribution in [0.15, 0.2) is 0 Å². The van der Waals surface area contributed by atoms with Gasteiger partial charge in [-0.05, 0) is 42.3 Å². The highest BCUT2D eigenvalue weighted by Crippen LogP contribution is 2.21. The lowest BCUT2D eigenvalue weighted by molar-refractivity contribution is -0.170. The summed E-state index contributed by atoms with van der Waals surface area (Å²) >= 11 is 3.88. The molecule has 2 rings (SSSR count). The Balaban J connectivity index is 1.27. The molecule has 0 bridgehead atoms. The Kier molecular flexibility index (Phi) is 6.37. The van der Waals surface area contributed by atoms with Crippen molar-refractivity contribution >= 4 is 35.5 Å². The van der Waals surface area contributed by atoms with Crippen LogP contribution in [0, 0.1) is 0 Å². The van der Waals surface area contributed by atoms with E-state index in [1.165, 1.54) is 17.9 Å². The zero-order valence-corrected chi connectivity index (χ0v) is 12.6. The van der Waals surface area contributed by atoms with Crippen LogP contribution < -0.4 is 0 Å². The largest absolute Gasteiger partial charge is 0.462 e. The number of esters is 2. The summed E-state index contributed by atoms with van der Waals surface area (Å²) in [5.74, 6) is 4.41. The topological polar surface area (TPSA) is 52.6 Å². The average Bonchev–Trinajstić information content (AvgIpc) is 2.31. The molecular formula is C13H20O4S2. The summed E-state index contributed by atoms with van der Waals surface area (Å²) in [4.78, 5) is 21.2. The highest BCUT2D eigenvalue weighted by atomic mass is 32.2. The summed E-state index contributed by atoms with van der Waals surface area (Å²) in [6, 6.07) is 0. The van der Waals surface area contributed by atoms with Crippen molar-refractivity contribution in [3.8, 4) is 0 Å². The Labute approximate surface area is 122 Å². The Bertz CT molecular complexity index is 276. The van der Waals surface area contributed by atoms with Crippen LogP contribution in [-0.2, 0) is 19.1 Å². The van der Waals surface area contributed by atoms with Crippen LogP contribution >= 0.6 is 23.5 Å². The summed E-state index contributed by atoms with van der Waals surface area (Å²) < 4.78 is 9.91. The average molecular weight is 304 g/mol. The summed E-state index contributed by atoms with van der Waals surface area (Å²) in [5.41, 5.74) is 0. The number of rotatable bonds is 10. The molecule has 0 saturated carbocycles. The van der Waals surface area contributed by atoms with Crippen LogP contribution in [0.3, 0.4) is 0 Å². The lowest BCUT2D eigenvalue weighted by atomic mass is 10.1. The lowest BCUT2D eigenvalue weighted by Crippen LogP contribution is -2.33. The number of cyclic esters (lactones) is 2. The van der Waals surface area contributed by atoms with Crippen molar-refractivity contribution in [3.63, 3.8) is 0 Å². The number of carbonyl (C=O) groups excluding carboxylic acids is 2. The fraction of sp³-hybridized carbons (Fsp3) is 0.846. The van der Waals surface area contributed by atoms with Crippen LogP contribution in [0.5, 0.6) is 0 Å². The summed E-state index contributed by atoms with van der Waals surface area (Å²) in [5, 5.41) is 0. The molecular weight excluding hydrogens is 284 g/mol. The second-order valence-corrected chi connectivity index (χ2v) is 7.24. The van der Waals surface area contributed by atoms with Gasteiger partial charge >= 0.3 is 11.9 Å². The smallest absolute Gasteiger partial charge is 0.309 e. The van der Waals surface area contributed by atoms with Gasteiger partial charge in [0.1, 0.15) is 12.2 Å². The standard InChI is InChI=1S/C13H20O4S2/c14-12-8-10(16-12)2-6-18-4-1-5-19-7-3-11-9-13(15)17-11/h10-11H,1-9H2. The van der Waals surface area contributed by atoms with E-state index in [-0.39, 0.29) is 24.1 Å². The molecule has 2 aliphatic heterocycles. The van der Waals surface area contributed by atoms with Gasteiger partial charge in [0.15, 0.2) is 0 Å². The van der Waals surface area contributed by atoms with Gasteiger partial charge in [-0.15, -0.1) is 0 Å². The first kappa shape index (κ1) is 15.0. The molecule has 2 heterocycles. The van der Waals surface area contributed by atoms with Crippen LogP contribution in [0.25, 0.3) is 0 Å². The molecule has 0 aromatic carbocycles. The second kappa shape index (κ2) is 8.04. The number of thioether (sulfide) groups is 2. The van der Waals surface area contributed by atoms with E-state index < -0.39 is 0 Å². The molecule has 0 N–H and O–H groups in total. The van der Waals surface area contributed by atoms with Crippen molar-refractivity contribution in [2.24, 2.45) is 0 Å². The predicted octanol–water partition coefficient (Wildman–Crippen LogP) is 2.25. The number of carbonyl (C=O) groups is 2. The third-order valence-electron chi connectivity index (χ3n) is 3.13. The van der Waals surface area contributed by atoms with Crippen LogP contribution in [-0.4, -0.2) is 47.2 Å². The molecule has 0 radical (unpaired) electrons. The maximum absolute atomic E-state index is 10.6. The highest BCUT2D eigenvalue weighted by Gasteiger charge is 2.28. The molecule has 2 saturated heterocycles. The lowest BCUT2D eigenvalue weighted by Gasteiger charge is -2.25. The van der Waals surface area contributed by atoms with Gasteiger partial charge < -0.3 is 9.47 Å². The molecule has 6 heteroatoms. The normalized spacial score (nSPS) is 25.3. The Morgan fingerprint density at radius 3 is 1.63 bits per heavy atom.